The van der Waals surface area contributed by atoms with Crippen molar-refractivity contribution < 1.29 is 4.74 Å². The zero-order valence-electron chi connectivity index (χ0n) is 10.2. The van der Waals surface area contributed by atoms with E-state index in [-0.39, 0.29) is 0 Å². The van der Waals surface area contributed by atoms with Gasteiger partial charge in [0.1, 0.15) is 0 Å². The van der Waals surface area contributed by atoms with Crippen LogP contribution in [-0.2, 0) is 11.3 Å². The summed E-state index contributed by atoms with van der Waals surface area (Å²) in [4.78, 5) is 1.46. The van der Waals surface area contributed by atoms with Crippen molar-refractivity contribution in [2.75, 3.05) is 7.11 Å². The minimum Gasteiger partial charge on any atom is -0.380 e. The molecule has 1 aliphatic rings. The second-order valence-corrected chi connectivity index (χ2v) is 5.57. The van der Waals surface area contributed by atoms with Crippen LogP contribution in [0.3, 0.4) is 0 Å². The molecule has 90 valence electrons. The van der Waals surface area contributed by atoms with Crippen LogP contribution in [0.4, 0.5) is 0 Å². The third-order valence-electron chi connectivity index (χ3n) is 3.50. The van der Waals surface area contributed by atoms with Crippen LogP contribution in [0.1, 0.15) is 36.1 Å². The quantitative estimate of drug-likeness (QED) is 0.871. The largest absolute Gasteiger partial charge is 0.380 e. The van der Waals surface area contributed by atoms with Crippen LogP contribution in [0.25, 0.3) is 0 Å². The van der Waals surface area contributed by atoms with E-state index in [1.165, 1.54) is 36.1 Å². The first-order valence-electron chi connectivity index (χ1n) is 6.10. The van der Waals surface area contributed by atoms with Crippen molar-refractivity contribution in [3.05, 3.63) is 21.9 Å². The summed E-state index contributed by atoms with van der Waals surface area (Å²) in [6.45, 7) is 3.18. The summed E-state index contributed by atoms with van der Waals surface area (Å²) in [7, 11) is 1.83. The molecule has 1 N–H and O–H groups in total. The maximum Gasteiger partial charge on any atom is 0.0724 e. The zero-order chi connectivity index (χ0) is 11.4. The summed E-state index contributed by atoms with van der Waals surface area (Å²) >= 11 is 1.84. The summed E-state index contributed by atoms with van der Waals surface area (Å²) in [5.41, 5.74) is 1.40. The molecule has 2 unspecified atom stereocenters. The van der Waals surface area contributed by atoms with Gasteiger partial charge in [-0.05, 0) is 36.8 Å². The third kappa shape index (κ3) is 2.84. The van der Waals surface area contributed by atoms with Gasteiger partial charge in [0.25, 0.3) is 0 Å². The fourth-order valence-electron chi connectivity index (χ4n) is 2.42. The molecule has 1 aromatic rings. The Labute approximate surface area is 102 Å². The predicted octanol–water partition coefficient (Wildman–Crippen LogP) is 3.10. The molecule has 1 fully saturated rings. The van der Waals surface area contributed by atoms with Crippen molar-refractivity contribution in [1.29, 1.82) is 0 Å². The highest BCUT2D eigenvalue weighted by Gasteiger charge is 2.24. The highest BCUT2D eigenvalue weighted by atomic mass is 32.1. The molecule has 1 aromatic heterocycles. The van der Waals surface area contributed by atoms with Crippen LogP contribution in [0, 0.1) is 6.92 Å². The summed E-state index contributed by atoms with van der Waals surface area (Å²) < 4.78 is 5.54. The van der Waals surface area contributed by atoms with Gasteiger partial charge in [-0.1, -0.05) is 12.8 Å². The first-order chi connectivity index (χ1) is 7.81. The summed E-state index contributed by atoms with van der Waals surface area (Å²) in [5, 5.41) is 5.82. The zero-order valence-corrected chi connectivity index (χ0v) is 11.0. The summed E-state index contributed by atoms with van der Waals surface area (Å²) in [5.74, 6) is 0. The molecule has 1 aliphatic carbocycles. The lowest BCUT2D eigenvalue weighted by molar-refractivity contribution is 0.0413. The van der Waals surface area contributed by atoms with E-state index >= 15 is 0 Å². The van der Waals surface area contributed by atoms with Gasteiger partial charge in [-0.15, -0.1) is 11.3 Å². The van der Waals surface area contributed by atoms with E-state index in [1.807, 2.05) is 18.4 Å². The lowest BCUT2D eigenvalue weighted by Crippen LogP contribution is -2.42. The fraction of sp³-hybridized carbons (Fsp3) is 0.692. The van der Waals surface area contributed by atoms with Crippen LogP contribution < -0.4 is 5.32 Å². The highest BCUT2D eigenvalue weighted by Crippen LogP contribution is 2.22. The molecule has 0 radical (unpaired) electrons. The van der Waals surface area contributed by atoms with Gasteiger partial charge in [-0.25, -0.2) is 0 Å². The molecule has 0 aromatic carbocycles. The summed E-state index contributed by atoms with van der Waals surface area (Å²) in [6.07, 6.45) is 5.52. The van der Waals surface area contributed by atoms with E-state index in [9.17, 15) is 0 Å². The van der Waals surface area contributed by atoms with Gasteiger partial charge in [0.15, 0.2) is 0 Å². The van der Waals surface area contributed by atoms with Crippen molar-refractivity contribution in [2.24, 2.45) is 0 Å². The Balaban J connectivity index is 1.86. The van der Waals surface area contributed by atoms with Crippen molar-refractivity contribution >= 4 is 11.3 Å². The van der Waals surface area contributed by atoms with Crippen LogP contribution in [0.15, 0.2) is 11.4 Å². The van der Waals surface area contributed by atoms with Gasteiger partial charge in [-0.3, -0.25) is 0 Å². The molecular formula is C13H21NOS. The first kappa shape index (κ1) is 12.1. The average molecular weight is 239 g/mol. The lowest BCUT2D eigenvalue weighted by Gasteiger charge is -2.31. The van der Waals surface area contributed by atoms with Gasteiger partial charge in [-0.2, -0.15) is 0 Å². The Morgan fingerprint density at radius 3 is 2.94 bits per heavy atom. The van der Waals surface area contributed by atoms with E-state index in [2.05, 4.69) is 23.7 Å². The molecule has 2 atom stereocenters. The Hall–Kier alpha value is -0.380. The monoisotopic (exact) mass is 239 g/mol. The highest BCUT2D eigenvalue weighted by molar-refractivity contribution is 7.10. The maximum atomic E-state index is 5.54. The van der Waals surface area contributed by atoms with Gasteiger partial charge in [0.2, 0.25) is 0 Å². The van der Waals surface area contributed by atoms with Gasteiger partial charge in [0, 0.05) is 24.6 Å². The normalized spacial score (nSPS) is 25.9. The Bertz CT molecular complexity index is 323. The van der Waals surface area contributed by atoms with E-state index < -0.39 is 0 Å². The number of hydrogen-bond donors (Lipinski definition) is 1. The number of thiophene rings is 1. The van der Waals surface area contributed by atoms with Crippen molar-refractivity contribution in [2.45, 2.75) is 51.3 Å². The van der Waals surface area contributed by atoms with Crippen LogP contribution in [-0.4, -0.2) is 19.3 Å². The molecular weight excluding hydrogens is 218 g/mol. The van der Waals surface area contributed by atoms with Crippen LogP contribution in [0.2, 0.25) is 0 Å². The first-order valence-corrected chi connectivity index (χ1v) is 6.98. The van der Waals surface area contributed by atoms with Crippen molar-refractivity contribution in [3.8, 4) is 0 Å². The van der Waals surface area contributed by atoms with E-state index in [1.54, 1.807) is 0 Å². The average Bonchev–Trinajstić information content (AvgIpc) is 2.72. The molecule has 0 saturated heterocycles. The molecule has 3 heteroatoms. The Morgan fingerprint density at radius 1 is 1.44 bits per heavy atom. The number of ether oxygens (including phenoxy) is 1. The van der Waals surface area contributed by atoms with Gasteiger partial charge < -0.3 is 10.1 Å². The summed E-state index contributed by atoms with van der Waals surface area (Å²) in [6, 6.07) is 2.73. The fourth-order valence-corrected chi connectivity index (χ4v) is 3.28. The van der Waals surface area contributed by atoms with Crippen LogP contribution in [0.5, 0.6) is 0 Å². The molecule has 0 aliphatic heterocycles. The number of rotatable bonds is 4. The molecule has 1 saturated carbocycles. The second kappa shape index (κ2) is 5.80. The molecule has 16 heavy (non-hydrogen) atoms. The molecule has 0 amide bonds. The minimum absolute atomic E-state index is 0.411. The standard InChI is InChI=1S/C13H21NOS/c1-10-7-8-16-13(10)9-14-11-5-3-4-6-12(11)15-2/h7-8,11-12,14H,3-6,9H2,1-2H3. The van der Waals surface area contributed by atoms with Crippen LogP contribution >= 0.6 is 11.3 Å². The number of hydrogen-bond acceptors (Lipinski definition) is 3. The molecule has 0 bridgehead atoms. The predicted molar refractivity (Wildman–Crippen MR) is 68.9 cm³/mol. The molecule has 1 heterocycles. The maximum absolute atomic E-state index is 5.54. The number of aryl methyl sites for hydroxylation is 1. The number of nitrogens with one attached hydrogen (secondary N) is 1. The van der Waals surface area contributed by atoms with Crippen molar-refractivity contribution in [3.63, 3.8) is 0 Å². The van der Waals surface area contributed by atoms with E-state index in [0.717, 1.165) is 6.54 Å². The minimum atomic E-state index is 0.411. The SMILES string of the molecule is COC1CCCCC1NCc1sccc1C. The topological polar surface area (TPSA) is 21.3 Å². The van der Waals surface area contributed by atoms with E-state index in [4.69, 9.17) is 4.74 Å². The Kier molecular flexibility index (Phi) is 4.38. The molecule has 0 spiro atoms. The Morgan fingerprint density at radius 2 is 2.25 bits per heavy atom. The lowest BCUT2D eigenvalue weighted by atomic mass is 9.92. The smallest absolute Gasteiger partial charge is 0.0724 e. The van der Waals surface area contributed by atoms with Crippen molar-refractivity contribution in [1.82, 2.24) is 5.32 Å². The van der Waals surface area contributed by atoms with Gasteiger partial charge >= 0.3 is 0 Å². The van der Waals surface area contributed by atoms with Gasteiger partial charge in [0.05, 0.1) is 6.10 Å². The number of methoxy groups -OCH3 is 1. The molecule has 2 nitrogen and oxygen atoms in total. The second-order valence-electron chi connectivity index (χ2n) is 4.57. The van der Waals surface area contributed by atoms with E-state index in [0.29, 0.717) is 12.1 Å². The molecule has 2 rings (SSSR count). The third-order valence-corrected chi connectivity index (χ3v) is 4.52.